The molecule has 32 heavy (non-hydrogen) atoms. The molecule has 0 saturated heterocycles. The van der Waals surface area contributed by atoms with Crippen LogP contribution in [0.25, 0.3) is 11.0 Å². The van der Waals surface area contributed by atoms with Crippen molar-refractivity contribution in [1.29, 1.82) is 0 Å². The Kier molecular flexibility index (Phi) is 5.66. The van der Waals surface area contributed by atoms with E-state index in [1.807, 2.05) is 6.92 Å². The SMILES string of the molecule is CCCC[C@](C)(CNC(C)=O)N(N)c1nc(N)nc2cc(C(=O)NC34CC(C3)C4)cnc12. The predicted octanol–water partition coefficient (Wildman–Crippen LogP) is 1.65. The van der Waals surface area contributed by atoms with Crippen LogP contribution < -0.4 is 27.2 Å². The number of aromatic nitrogens is 3. The maximum absolute atomic E-state index is 12.8. The van der Waals surface area contributed by atoms with Crippen LogP contribution in [0.15, 0.2) is 12.3 Å². The lowest BCUT2D eigenvalue weighted by Gasteiger charge is -2.61. The zero-order valence-electron chi connectivity index (χ0n) is 18.9. The Morgan fingerprint density at radius 3 is 2.62 bits per heavy atom. The molecule has 5 rings (SSSR count). The summed E-state index contributed by atoms with van der Waals surface area (Å²) in [5.41, 5.74) is 6.69. The van der Waals surface area contributed by atoms with E-state index in [0.29, 0.717) is 29.0 Å². The van der Waals surface area contributed by atoms with Crippen LogP contribution in [-0.4, -0.2) is 44.4 Å². The van der Waals surface area contributed by atoms with Gasteiger partial charge in [-0.05, 0) is 44.6 Å². The number of unbranched alkanes of at least 4 members (excludes halogenated alkanes) is 1. The summed E-state index contributed by atoms with van der Waals surface area (Å²) in [5, 5.41) is 7.52. The van der Waals surface area contributed by atoms with Crippen molar-refractivity contribution in [2.24, 2.45) is 11.8 Å². The molecule has 6 N–H and O–H groups in total. The van der Waals surface area contributed by atoms with E-state index in [1.165, 1.54) is 18.1 Å². The molecule has 10 heteroatoms. The number of rotatable bonds is 9. The molecule has 3 saturated carbocycles. The normalized spacial score (nSPS) is 22.9. The van der Waals surface area contributed by atoms with E-state index < -0.39 is 5.54 Å². The average Bonchev–Trinajstić information content (AvgIpc) is 2.70. The molecule has 2 aromatic rings. The van der Waals surface area contributed by atoms with Crippen molar-refractivity contribution in [3.05, 3.63) is 17.8 Å². The monoisotopic (exact) mass is 440 g/mol. The summed E-state index contributed by atoms with van der Waals surface area (Å²) in [6.45, 7) is 5.88. The number of carbonyl (C=O) groups is 2. The Bertz CT molecular complexity index is 1040. The highest BCUT2D eigenvalue weighted by Gasteiger charge is 2.57. The second-order valence-corrected chi connectivity index (χ2v) is 9.59. The van der Waals surface area contributed by atoms with Gasteiger partial charge in [0.15, 0.2) is 5.82 Å². The van der Waals surface area contributed by atoms with Gasteiger partial charge in [-0.1, -0.05) is 19.8 Å². The van der Waals surface area contributed by atoms with Gasteiger partial charge in [0.2, 0.25) is 11.9 Å². The molecule has 0 unspecified atom stereocenters. The van der Waals surface area contributed by atoms with Crippen molar-refractivity contribution in [2.75, 3.05) is 17.3 Å². The first kappa shape index (κ1) is 22.2. The lowest BCUT2D eigenvalue weighted by Crippen LogP contribution is -2.68. The number of nitrogen functional groups attached to an aromatic ring is 1. The largest absolute Gasteiger partial charge is 0.368 e. The number of hydrazine groups is 1. The number of amides is 2. The molecule has 3 fully saturated rings. The molecule has 10 nitrogen and oxygen atoms in total. The smallest absolute Gasteiger partial charge is 0.253 e. The molecule has 2 bridgehead atoms. The van der Waals surface area contributed by atoms with Crippen LogP contribution in [0.1, 0.15) is 69.7 Å². The van der Waals surface area contributed by atoms with Crippen molar-refractivity contribution < 1.29 is 9.59 Å². The Labute approximate surface area is 187 Å². The maximum atomic E-state index is 12.8. The minimum Gasteiger partial charge on any atom is -0.368 e. The van der Waals surface area contributed by atoms with E-state index in [1.54, 1.807) is 6.07 Å². The molecule has 2 amide bonds. The highest BCUT2D eigenvalue weighted by Crippen LogP contribution is 2.57. The van der Waals surface area contributed by atoms with E-state index in [9.17, 15) is 9.59 Å². The summed E-state index contributed by atoms with van der Waals surface area (Å²) in [7, 11) is 0. The second-order valence-electron chi connectivity index (χ2n) is 9.59. The third kappa shape index (κ3) is 4.06. The van der Waals surface area contributed by atoms with Gasteiger partial charge in [0.1, 0.15) is 5.52 Å². The fourth-order valence-electron chi connectivity index (χ4n) is 4.68. The molecular formula is C22H32N8O2. The van der Waals surface area contributed by atoms with Gasteiger partial charge in [0, 0.05) is 25.2 Å². The standard InChI is InChI=1S/C22H32N8O2/c1-4-5-6-21(3,12-26-13(2)31)30(24)18-17-16(27-20(23)28-18)7-15(11-25-17)19(32)29-22-8-14(9-22)10-22/h7,11,14H,4-6,8-10,12,24H2,1-3H3,(H,26,31)(H,29,32)(H2,23,27,28)/t14?,21-,22?/m1/s1. The molecule has 0 aliphatic heterocycles. The Morgan fingerprint density at radius 1 is 1.31 bits per heavy atom. The minimum absolute atomic E-state index is 0.0224. The Balaban J connectivity index is 1.64. The van der Waals surface area contributed by atoms with E-state index in [0.717, 1.165) is 44.4 Å². The number of hydrogen-bond donors (Lipinski definition) is 4. The average molecular weight is 441 g/mol. The molecule has 0 aromatic carbocycles. The van der Waals surface area contributed by atoms with Crippen LogP contribution in [0.3, 0.4) is 0 Å². The predicted molar refractivity (Wildman–Crippen MR) is 123 cm³/mol. The topological polar surface area (TPSA) is 152 Å². The number of nitrogens with two attached hydrogens (primary N) is 2. The van der Waals surface area contributed by atoms with Crippen LogP contribution in [0.4, 0.5) is 11.8 Å². The number of anilines is 2. The van der Waals surface area contributed by atoms with Gasteiger partial charge < -0.3 is 16.4 Å². The molecule has 172 valence electrons. The highest BCUT2D eigenvalue weighted by atomic mass is 16.2. The molecule has 2 heterocycles. The van der Waals surface area contributed by atoms with Gasteiger partial charge in [-0.3, -0.25) is 14.6 Å². The van der Waals surface area contributed by atoms with Crippen molar-refractivity contribution in [3.63, 3.8) is 0 Å². The van der Waals surface area contributed by atoms with Crippen molar-refractivity contribution >= 4 is 34.6 Å². The summed E-state index contributed by atoms with van der Waals surface area (Å²) in [6, 6.07) is 1.68. The number of hydrogen-bond acceptors (Lipinski definition) is 8. The molecule has 1 atom stereocenters. The van der Waals surface area contributed by atoms with Gasteiger partial charge in [0.25, 0.3) is 5.91 Å². The third-order valence-corrected chi connectivity index (χ3v) is 6.81. The van der Waals surface area contributed by atoms with E-state index in [-0.39, 0.29) is 23.3 Å². The van der Waals surface area contributed by atoms with E-state index in [2.05, 4.69) is 32.5 Å². The van der Waals surface area contributed by atoms with E-state index >= 15 is 0 Å². The molecule has 2 aromatic heterocycles. The Morgan fingerprint density at radius 2 is 2.03 bits per heavy atom. The van der Waals surface area contributed by atoms with Crippen LogP contribution in [0.5, 0.6) is 0 Å². The van der Waals surface area contributed by atoms with Gasteiger partial charge in [-0.25, -0.2) is 15.8 Å². The zero-order chi connectivity index (χ0) is 23.1. The minimum atomic E-state index is -0.614. The van der Waals surface area contributed by atoms with Crippen molar-refractivity contribution in [3.8, 4) is 0 Å². The summed E-state index contributed by atoms with van der Waals surface area (Å²) in [4.78, 5) is 37.4. The Hall–Kier alpha value is -3.01. The van der Waals surface area contributed by atoms with Gasteiger partial charge in [-0.2, -0.15) is 4.98 Å². The van der Waals surface area contributed by atoms with Gasteiger partial charge in [-0.15, -0.1) is 0 Å². The molecule has 0 spiro atoms. The third-order valence-electron chi connectivity index (χ3n) is 6.81. The highest BCUT2D eigenvalue weighted by molar-refractivity contribution is 5.98. The first-order valence-electron chi connectivity index (χ1n) is 11.2. The van der Waals surface area contributed by atoms with Gasteiger partial charge >= 0.3 is 0 Å². The molecular weight excluding hydrogens is 408 g/mol. The number of pyridine rings is 1. The fourth-order valence-corrected chi connectivity index (χ4v) is 4.68. The summed E-state index contributed by atoms with van der Waals surface area (Å²) in [5.74, 6) is 7.46. The first-order valence-corrected chi connectivity index (χ1v) is 11.2. The lowest BCUT2D eigenvalue weighted by molar-refractivity contribution is -0.119. The molecule has 3 aliphatic carbocycles. The van der Waals surface area contributed by atoms with Gasteiger partial charge in [0.05, 0.1) is 16.6 Å². The lowest BCUT2D eigenvalue weighted by atomic mass is 9.50. The van der Waals surface area contributed by atoms with Crippen molar-refractivity contribution in [2.45, 2.75) is 70.4 Å². The second kappa shape index (κ2) is 8.16. The maximum Gasteiger partial charge on any atom is 0.253 e. The zero-order valence-corrected chi connectivity index (χ0v) is 18.9. The van der Waals surface area contributed by atoms with Crippen LogP contribution in [0.2, 0.25) is 0 Å². The van der Waals surface area contributed by atoms with Crippen LogP contribution in [-0.2, 0) is 4.79 Å². The number of nitrogens with zero attached hydrogens (tertiary/aromatic N) is 4. The molecule has 3 aliphatic rings. The number of fused-ring (bicyclic) bond motifs is 1. The number of carbonyl (C=O) groups excluding carboxylic acids is 2. The number of nitrogens with one attached hydrogen (secondary N) is 2. The van der Waals surface area contributed by atoms with Crippen molar-refractivity contribution in [1.82, 2.24) is 25.6 Å². The van der Waals surface area contributed by atoms with E-state index in [4.69, 9.17) is 11.6 Å². The van der Waals surface area contributed by atoms with Crippen LogP contribution >= 0.6 is 0 Å². The summed E-state index contributed by atoms with van der Waals surface area (Å²) in [6.07, 6.45) is 7.34. The first-order chi connectivity index (χ1) is 15.1. The molecule has 0 radical (unpaired) electrons. The van der Waals surface area contributed by atoms with Crippen LogP contribution in [0, 0.1) is 5.92 Å². The quantitative estimate of drug-likeness (QED) is 0.339. The fraction of sp³-hybridized carbons (Fsp3) is 0.591. The summed E-state index contributed by atoms with van der Waals surface area (Å²) >= 11 is 0. The summed E-state index contributed by atoms with van der Waals surface area (Å²) < 4.78 is 0.